The number of urea groups is 1. The van der Waals surface area contributed by atoms with Crippen LogP contribution in [0.15, 0.2) is 53.1 Å². The number of carbonyl (C=O) groups is 2. The van der Waals surface area contributed by atoms with Crippen LogP contribution in [0.25, 0.3) is 0 Å². The van der Waals surface area contributed by atoms with Crippen LogP contribution in [0.3, 0.4) is 0 Å². The normalized spacial score (nSPS) is 18.8. The first-order valence-corrected chi connectivity index (χ1v) is 11.4. The van der Waals surface area contributed by atoms with Gasteiger partial charge in [-0.3, -0.25) is 9.69 Å². The SMILES string of the molecule is O=C(NCC(C(=O)N1CCOCC1)c1ccccc1)NCC(c1ccco1)N1CCCC1. The van der Waals surface area contributed by atoms with E-state index in [1.807, 2.05) is 47.4 Å². The number of rotatable bonds is 8. The van der Waals surface area contributed by atoms with E-state index in [0.29, 0.717) is 32.8 Å². The number of hydrogen-bond donors (Lipinski definition) is 2. The van der Waals surface area contributed by atoms with E-state index >= 15 is 0 Å². The number of ether oxygens (including phenoxy) is 1. The number of carbonyl (C=O) groups excluding carboxylic acids is 2. The van der Waals surface area contributed by atoms with Crippen LogP contribution in [0.2, 0.25) is 0 Å². The smallest absolute Gasteiger partial charge is 0.314 e. The minimum atomic E-state index is -0.431. The van der Waals surface area contributed by atoms with Crippen molar-refractivity contribution in [3.05, 3.63) is 60.1 Å². The van der Waals surface area contributed by atoms with Crippen molar-refractivity contribution in [1.82, 2.24) is 20.4 Å². The van der Waals surface area contributed by atoms with E-state index in [0.717, 1.165) is 37.3 Å². The number of nitrogens with zero attached hydrogens (tertiary/aromatic N) is 2. The summed E-state index contributed by atoms with van der Waals surface area (Å²) in [5.41, 5.74) is 0.898. The Morgan fingerprint density at radius 3 is 2.31 bits per heavy atom. The van der Waals surface area contributed by atoms with Crippen LogP contribution in [0.1, 0.15) is 36.1 Å². The molecule has 1 aromatic heterocycles. The Labute approximate surface area is 188 Å². The summed E-state index contributed by atoms with van der Waals surface area (Å²) in [6.45, 7) is 4.94. The summed E-state index contributed by atoms with van der Waals surface area (Å²) in [6.07, 6.45) is 3.98. The first-order chi connectivity index (χ1) is 15.7. The van der Waals surface area contributed by atoms with Gasteiger partial charge in [-0.15, -0.1) is 0 Å². The van der Waals surface area contributed by atoms with Crippen LogP contribution >= 0.6 is 0 Å². The molecule has 2 aliphatic rings. The highest BCUT2D eigenvalue weighted by Gasteiger charge is 2.29. The van der Waals surface area contributed by atoms with E-state index in [1.54, 1.807) is 6.26 Å². The summed E-state index contributed by atoms with van der Waals surface area (Å²) in [4.78, 5) is 30.0. The second-order valence-electron chi connectivity index (χ2n) is 8.27. The highest BCUT2D eigenvalue weighted by molar-refractivity contribution is 5.85. The average molecular weight is 441 g/mol. The van der Waals surface area contributed by atoms with Gasteiger partial charge in [-0.25, -0.2) is 4.79 Å². The Morgan fingerprint density at radius 2 is 1.62 bits per heavy atom. The molecular weight excluding hydrogens is 408 g/mol. The molecule has 32 heavy (non-hydrogen) atoms. The molecule has 3 heterocycles. The summed E-state index contributed by atoms with van der Waals surface area (Å²) >= 11 is 0. The molecule has 2 fully saturated rings. The predicted molar refractivity (Wildman–Crippen MR) is 120 cm³/mol. The molecule has 0 radical (unpaired) electrons. The fraction of sp³-hybridized carbons (Fsp3) is 0.500. The van der Waals surface area contributed by atoms with E-state index in [1.165, 1.54) is 0 Å². The molecule has 0 spiro atoms. The van der Waals surface area contributed by atoms with Crippen molar-refractivity contribution in [3.8, 4) is 0 Å². The summed E-state index contributed by atoms with van der Waals surface area (Å²) in [7, 11) is 0. The molecule has 4 rings (SSSR count). The monoisotopic (exact) mass is 440 g/mol. The fourth-order valence-corrected chi connectivity index (χ4v) is 4.43. The topological polar surface area (TPSA) is 87.0 Å². The third-order valence-corrected chi connectivity index (χ3v) is 6.20. The van der Waals surface area contributed by atoms with Crippen LogP contribution in [0, 0.1) is 0 Å². The molecule has 2 unspecified atom stereocenters. The number of furan rings is 1. The van der Waals surface area contributed by atoms with Gasteiger partial charge in [0.1, 0.15) is 5.76 Å². The molecule has 8 heteroatoms. The minimum Gasteiger partial charge on any atom is -0.468 e. The Bertz CT molecular complexity index is 846. The third-order valence-electron chi connectivity index (χ3n) is 6.20. The molecule has 2 aliphatic heterocycles. The molecule has 172 valence electrons. The van der Waals surface area contributed by atoms with Gasteiger partial charge in [0.05, 0.1) is 31.4 Å². The zero-order valence-corrected chi connectivity index (χ0v) is 18.4. The summed E-state index contributed by atoms with van der Waals surface area (Å²) in [6, 6.07) is 13.2. The van der Waals surface area contributed by atoms with Gasteiger partial charge in [0.25, 0.3) is 0 Å². The lowest BCUT2D eigenvalue weighted by molar-refractivity contribution is -0.136. The Hall–Kier alpha value is -2.84. The van der Waals surface area contributed by atoms with E-state index < -0.39 is 5.92 Å². The van der Waals surface area contributed by atoms with Gasteiger partial charge < -0.3 is 24.7 Å². The molecular formula is C24H32N4O4. The van der Waals surface area contributed by atoms with Crippen LogP contribution in [0.5, 0.6) is 0 Å². The van der Waals surface area contributed by atoms with E-state index in [2.05, 4.69) is 15.5 Å². The van der Waals surface area contributed by atoms with Gasteiger partial charge in [-0.1, -0.05) is 30.3 Å². The number of nitrogens with one attached hydrogen (secondary N) is 2. The first kappa shape index (κ1) is 22.4. The molecule has 0 aliphatic carbocycles. The van der Waals surface area contributed by atoms with E-state index in [-0.39, 0.29) is 24.5 Å². The zero-order chi connectivity index (χ0) is 22.2. The van der Waals surface area contributed by atoms with Crippen molar-refractivity contribution in [1.29, 1.82) is 0 Å². The minimum absolute atomic E-state index is 0.0122. The van der Waals surface area contributed by atoms with Gasteiger partial charge in [0, 0.05) is 26.2 Å². The molecule has 2 saturated heterocycles. The molecule has 2 aromatic rings. The largest absolute Gasteiger partial charge is 0.468 e. The lowest BCUT2D eigenvalue weighted by atomic mass is 9.97. The van der Waals surface area contributed by atoms with Gasteiger partial charge in [-0.05, 0) is 43.6 Å². The summed E-state index contributed by atoms with van der Waals surface area (Å²) < 4.78 is 11.0. The Morgan fingerprint density at radius 1 is 0.906 bits per heavy atom. The van der Waals surface area contributed by atoms with Gasteiger partial charge in [-0.2, -0.15) is 0 Å². The fourth-order valence-electron chi connectivity index (χ4n) is 4.43. The van der Waals surface area contributed by atoms with Gasteiger partial charge in [0.2, 0.25) is 5.91 Å². The Balaban J connectivity index is 1.35. The first-order valence-electron chi connectivity index (χ1n) is 11.4. The molecule has 3 amide bonds. The van der Waals surface area contributed by atoms with Crippen molar-refractivity contribution in [2.75, 3.05) is 52.5 Å². The Kier molecular flexibility index (Phi) is 7.79. The highest BCUT2D eigenvalue weighted by Crippen LogP contribution is 2.25. The average Bonchev–Trinajstić information content (AvgIpc) is 3.56. The van der Waals surface area contributed by atoms with Crippen LogP contribution in [0.4, 0.5) is 4.79 Å². The van der Waals surface area contributed by atoms with E-state index in [4.69, 9.17) is 9.15 Å². The molecule has 2 atom stereocenters. The molecule has 0 saturated carbocycles. The standard InChI is InChI=1S/C24H32N4O4/c29-23(28-12-15-31-16-13-28)20(19-7-2-1-3-8-19)17-25-24(30)26-18-21(22-9-6-14-32-22)27-10-4-5-11-27/h1-3,6-9,14,20-21H,4-5,10-13,15-18H2,(H2,25,26,30). The number of likely N-dealkylation sites (tertiary alicyclic amines) is 1. The molecule has 1 aromatic carbocycles. The van der Waals surface area contributed by atoms with Crippen LogP contribution in [-0.2, 0) is 9.53 Å². The van der Waals surface area contributed by atoms with Crippen molar-refractivity contribution < 1.29 is 18.7 Å². The van der Waals surface area contributed by atoms with Crippen LogP contribution < -0.4 is 10.6 Å². The number of benzene rings is 1. The van der Waals surface area contributed by atoms with E-state index in [9.17, 15) is 9.59 Å². The maximum absolute atomic E-state index is 13.2. The maximum atomic E-state index is 13.2. The zero-order valence-electron chi connectivity index (χ0n) is 18.4. The number of morpholine rings is 1. The molecule has 8 nitrogen and oxygen atoms in total. The summed E-state index contributed by atoms with van der Waals surface area (Å²) in [5.74, 6) is 0.446. The lowest BCUT2D eigenvalue weighted by Gasteiger charge is -2.31. The molecule has 2 N–H and O–H groups in total. The number of hydrogen-bond acceptors (Lipinski definition) is 5. The predicted octanol–water partition coefficient (Wildman–Crippen LogP) is 2.36. The van der Waals surface area contributed by atoms with Crippen molar-refractivity contribution in [3.63, 3.8) is 0 Å². The highest BCUT2D eigenvalue weighted by atomic mass is 16.5. The van der Waals surface area contributed by atoms with Crippen molar-refractivity contribution in [2.24, 2.45) is 0 Å². The quantitative estimate of drug-likeness (QED) is 0.658. The number of amides is 3. The van der Waals surface area contributed by atoms with Crippen molar-refractivity contribution >= 4 is 11.9 Å². The molecule has 0 bridgehead atoms. The van der Waals surface area contributed by atoms with Crippen LogP contribution in [-0.4, -0.2) is 74.2 Å². The second-order valence-corrected chi connectivity index (χ2v) is 8.27. The van der Waals surface area contributed by atoms with Gasteiger partial charge >= 0.3 is 6.03 Å². The lowest BCUT2D eigenvalue weighted by Crippen LogP contribution is -2.47. The summed E-state index contributed by atoms with van der Waals surface area (Å²) in [5, 5.41) is 5.89. The second kappa shape index (κ2) is 11.2. The third kappa shape index (κ3) is 5.69. The maximum Gasteiger partial charge on any atom is 0.314 e. The van der Waals surface area contributed by atoms with Crippen molar-refractivity contribution in [2.45, 2.75) is 24.8 Å². The van der Waals surface area contributed by atoms with Gasteiger partial charge in [0.15, 0.2) is 0 Å².